The molecular weight excluding hydrogens is 1170 g/mol. The Morgan fingerprint density at radius 3 is 1.00 bits per heavy atom. The highest BCUT2D eigenvalue weighted by molar-refractivity contribution is 6.38. The highest BCUT2D eigenvalue weighted by Gasteiger charge is 2.33. The number of hydrogen-bond donors (Lipinski definition) is 0. The van der Waals surface area contributed by atoms with E-state index in [0.717, 1.165) is 122 Å². The van der Waals surface area contributed by atoms with Crippen molar-refractivity contribution in [3.63, 3.8) is 0 Å². The van der Waals surface area contributed by atoms with E-state index in [-0.39, 0.29) is 0 Å². The van der Waals surface area contributed by atoms with Gasteiger partial charge in [-0.3, -0.25) is 0 Å². The van der Waals surface area contributed by atoms with Crippen molar-refractivity contribution >= 4 is 154 Å². The van der Waals surface area contributed by atoms with Crippen molar-refractivity contribution in [2.45, 2.75) is 0 Å². The van der Waals surface area contributed by atoms with Gasteiger partial charge < -0.3 is 27.4 Å². The zero-order valence-electron chi connectivity index (χ0n) is 51.8. The molecule has 21 rings (SSSR count). The molecule has 0 spiro atoms. The Bertz CT molecular complexity index is 6290. The molecule has 0 unspecified atom stereocenters. The lowest BCUT2D eigenvalue weighted by molar-refractivity contribution is 0.668. The molecular formula is C90H54N4O2. The number of para-hydroxylation sites is 8. The molecule has 0 aliphatic heterocycles. The van der Waals surface area contributed by atoms with Crippen LogP contribution in [0.3, 0.4) is 0 Å². The van der Waals surface area contributed by atoms with Crippen LogP contribution in [0.25, 0.3) is 165 Å². The van der Waals surface area contributed by atoms with E-state index in [9.17, 15) is 0 Å². The van der Waals surface area contributed by atoms with Gasteiger partial charge in [0, 0.05) is 98.3 Å². The van der Waals surface area contributed by atoms with Crippen LogP contribution in [0.4, 0.5) is 34.1 Å². The van der Waals surface area contributed by atoms with Gasteiger partial charge in [0.1, 0.15) is 11.2 Å². The normalized spacial score (nSPS) is 12.2. The van der Waals surface area contributed by atoms with Crippen molar-refractivity contribution in [3.05, 3.63) is 328 Å². The van der Waals surface area contributed by atoms with Gasteiger partial charge in [0.2, 0.25) is 0 Å². The molecule has 446 valence electrons. The molecule has 0 bridgehead atoms. The fourth-order valence-electron chi connectivity index (χ4n) is 16.4. The SMILES string of the molecule is c1ccc(-c2ccccc2N(c2ccc3c(c2)c2cccc4c5c(-c6ccccc6)c6c(c(-c7ccccc7)c5n3c24)c2cccc3c4cc(N(c5ccccc5-c5ccccc5)c5cccc7c5oc5ccccc57)ccc4n6c32)c2cccc3c2oc2ccccc23)cc1. The van der Waals surface area contributed by atoms with Crippen molar-refractivity contribution in [2.24, 2.45) is 0 Å². The molecule has 15 aromatic carbocycles. The Balaban J connectivity index is 0.852. The van der Waals surface area contributed by atoms with Crippen molar-refractivity contribution in [1.29, 1.82) is 0 Å². The summed E-state index contributed by atoms with van der Waals surface area (Å²) in [6.07, 6.45) is 0. The van der Waals surface area contributed by atoms with E-state index in [4.69, 9.17) is 8.83 Å². The summed E-state index contributed by atoms with van der Waals surface area (Å²) in [6, 6.07) is 119. The molecule has 6 aromatic heterocycles. The number of fused-ring (bicyclic) bond motifs is 18. The van der Waals surface area contributed by atoms with Crippen LogP contribution in [-0.4, -0.2) is 8.80 Å². The summed E-state index contributed by atoms with van der Waals surface area (Å²) in [7, 11) is 0. The fraction of sp³-hybridized carbons (Fsp3) is 0. The molecule has 0 N–H and O–H groups in total. The second-order valence-electron chi connectivity index (χ2n) is 25.3. The number of nitrogens with zero attached hydrogens (tertiary/aromatic N) is 4. The van der Waals surface area contributed by atoms with E-state index < -0.39 is 0 Å². The van der Waals surface area contributed by atoms with Crippen molar-refractivity contribution in [2.75, 3.05) is 9.80 Å². The van der Waals surface area contributed by atoms with Gasteiger partial charge in [-0.25, -0.2) is 0 Å². The molecule has 6 nitrogen and oxygen atoms in total. The number of aromatic nitrogens is 2. The molecule has 0 fully saturated rings. The molecule has 0 atom stereocenters. The third-order valence-electron chi connectivity index (χ3n) is 20.3. The third kappa shape index (κ3) is 7.40. The molecule has 0 amide bonds. The van der Waals surface area contributed by atoms with Crippen LogP contribution >= 0.6 is 0 Å². The van der Waals surface area contributed by atoms with E-state index in [2.05, 4.69) is 346 Å². The fourth-order valence-corrected chi connectivity index (χ4v) is 16.4. The Hall–Kier alpha value is -12.9. The molecule has 0 aliphatic rings. The lowest BCUT2D eigenvalue weighted by Gasteiger charge is -2.28. The predicted octanol–water partition coefficient (Wildman–Crippen LogP) is 25.4. The van der Waals surface area contributed by atoms with E-state index in [1.807, 2.05) is 0 Å². The third-order valence-corrected chi connectivity index (χ3v) is 20.3. The summed E-state index contributed by atoms with van der Waals surface area (Å²) >= 11 is 0. The van der Waals surface area contributed by atoms with Gasteiger partial charge in [-0.15, -0.1) is 0 Å². The Labute approximate surface area is 550 Å². The number of benzene rings is 15. The molecule has 6 heteroatoms. The van der Waals surface area contributed by atoms with Crippen molar-refractivity contribution in [1.82, 2.24) is 8.80 Å². The quantitative estimate of drug-likeness (QED) is 0.137. The minimum absolute atomic E-state index is 0.841. The topological polar surface area (TPSA) is 41.6 Å². The maximum atomic E-state index is 6.91. The maximum Gasteiger partial charge on any atom is 0.159 e. The van der Waals surface area contributed by atoms with E-state index >= 15 is 0 Å². The van der Waals surface area contributed by atoms with Crippen LogP contribution in [0, 0.1) is 0 Å². The first-order chi connectivity index (χ1) is 47.7. The molecule has 96 heavy (non-hydrogen) atoms. The van der Waals surface area contributed by atoms with Crippen LogP contribution in [0.15, 0.2) is 336 Å². The summed E-state index contributed by atoms with van der Waals surface area (Å²) in [5, 5.41) is 13.9. The zero-order chi connectivity index (χ0) is 62.7. The minimum Gasteiger partial charge on any atom is -0.454 e. The second kappa shape index (κ2) is 20.3. The lowest BCUT2D eigenvalue weighted by Crippen LogP contribution is -2.11. The molecule has 0 radical (unpaired) electrons. The van der Waals surface area contributed by atoms with Gasteiger partial charge in [-0.05, 0) is 95.1 Å². The van der Waals surface area contributed by atoms with Crippen molar-refractivity contribution < 1.29 is 8.83 Å². The zero-order valence-corrected chi connectivity index (χ0v) is 51.8. The van der Waals surface area contributed by atoms with Crippen LogP contribution < -0.4 is 9.80 Å². The molecule has 21 aromatic rings. The Morgan fingerprint density at radius 1 is 0.229 bits per heavy atom. The average Bonchev–Trinajstić information content (AvgIpc) is 1.49. The highest BCUT2D eigenvalue weighted by atomic mass is 16.3. The summed E-state index contributed by atoms with van der Waals surface area (Å²) in [4.78, 5) is 4.83. The standard InChI is InChI=1S/C90H54N4O2/c1-5-25-55(26-6-1)61-33-13-17-43-73(61)91(77-45-23-39-67-63-35-15-19-47-79(63)95-89(67)77)59-49-51-75-71(53-59)65-37-21-41-69-83-82(58-31-11-4-12-32-58)88-84(81(57-29-9-3-10-30-57)87(83)93(75)85(65)69)70-42-22-38-66-72-54-60(50-52-76(72)94(88)86(66)70)92(74-44-18-14-34-62(74)56-27-7-2-8-28-56)78-46-24-40-68-64-36-16-20-48-80(64)96-90(68)78/h1-54H. The summed E-state index contributed by atoms with van der Waals surface area (Å²) in [5.74, 6) is 0. The molecule has 0 saturated carbocycles. The van der Waals surface area contributed by atoms with Crippen LogP contribution in [0.2, 0.25) is 0 Å². The smallest absolute Gasteiger partial charge is 0.159 e. The highest BCUT2D eigenvalue weighted by Crippen LogP contribution is 2.56. The monoisotopic (exact) mass is 1220 g/mol. The van der Waals surface area contributed by atoms with E-state index in [1.165, 1.54) is 76.3 Å². The Kier molecular flexibility index (Phi) is 11.1. The summed E-state index contributed by atoms with van der Waals surface area (Å²) < 4.78 is 19.0. The largest absolute Gasteiger partial charge is 0.454 e. The van der Waals surface area contributed by atoms with Crippen LogP contribution in [-0.2, 0) is 0 Å². The van der Waals surface area contributed by atoms with Gasteiger partial charge in [-0.1, -0.05) is 255 Å². The van der Waals surface area contributed by atoms with Crippen molar-refractivity contribution in [3.8, 4) is 44.5 Å². The number of hydrogen-bond acceptors (Lipinski definition) is 4. The molecule has 6 heterocycles. The van der Waals surface area contributed by atoms with Gasteiger partial charge >= 0.3 is 0 Å². The van der Waals surface area contributed by atoms with Gasteiger partial charge in [0.25, 0.3) is 0 Å². The average molecular weight is 1220 g/mol. The second-order valence-corrected chi connectivity index (χ2v) is 25.3. The first-order valence-corrected chi connectivity index (χ1v) is 32.9. The maximum absolute atomic E-state index is 6.91. The summed E-state index contributed by atoms with van der Waals surface area (Å²) in [5.41, 5.74) is 25.8. The number of furan rings is 2. The summed E-state index contributed by atoms with van der Waals surface area (Å²) in [6.45, 7) is 0. The minimum atomic E-state index is 0.841. The Morgan fingerprint density at radius 2 is 0.562 bits per heavy atom. The number of anilines is 6. The van der Waals surface area contributed by atoms with Gasteiger partial charge in [0.05, 0.1) is 55.8 Å². The predicted molar refractivity (Wildman–Crippen MR) is 401 cm³/mol. The van der Waals surface area contributed by atoms with E-state index in [0.29, 0.717) is 0 Å². The van der Waals surface area contributed by atoms with Crippen LogP contribution in [0.1, 0.15) is 0 Å². The molecule has 0 aliphatic carbocycles. The molecule has 0 saturated heterocycles. The van der Waals surface area contributed by atoms with Gasteiger partial charge in [-0.2, -0.15) is 0 Å². The first-order valence-electron chi connectivity index (χ1n) is 32.9. The van der Waals surface area contributed by atoms with Gasteiger partial charge in [0.15, 0.2) is 11.2 Å². The lowest BCUT2D eigenvalue weighted by atomic mass is 9.89. The van der Waals surface area contributed by atoms with E-state index in [1.54, 1.807) is 0 Å². The first kappa shape index (κ1) is 52.7. The van der Waals surface area contributed by atoms with Crippen LogP contribution in [0.5, 0.6) is 0 Å². The number of rotatable bonds is 10.